The molecule has 0 amide bonds. The van der Waals surface area contributed by atoms with Crippen LogP contribution in [0.4, 0.5) is 4.39 Å². The van der Waals surface area contributed by atoms with E-state index < -0.39 is 0 Å². The van der Waals surface area contributed by atoms with Crippen molar-refractivity contribution in [2.24, 2.45) is 0 Å². The van der Waals surface area contributed by atoms with Gasteiger partial charge in [-0.15, -0.1) is 0 Å². The fourth-order valence-corrected chi connectivity index (χ4v) is 2.18. The molecule has 0 aliphatic carbocycles. The fraction of sp³-hybridized carbons (Fsp3) is 0.200. The second kappa shape index (κ2) is 6.38. The summed E-state index contributed by atoms with van der Waals surface area (Å²) in [5.41, 5.74) is 1.59. The van der Waals surface area contributed by atoms with Crippen LogP contribution in [-0.4, -0.2) is 0 Å². The molecular weight excluding hydrogens is 284 g/mol. The molecule has 0 heterocycles. The van der Waals surface area contributed by atoms with E-state index in [0.717, 1.165) is 5.56 Å². The Morgan fingerprint density at radius 2 is 1.79 bits per heavy atom. The molecule has 1 N–H and O–H groups in total. The summed E-state index contributed by atoms with van der Waals surface area (Å²) in [7, 11) is 0. The van der Waals surface area contributed by atoms with E-state index in [-0.39, 0.29) is 11.9 Å². The topological polar surface area (TPSA) is 12.0 Å². The van der Waals surface area contributed by atoms with E-state index in [1.165, 1.54) is 6.07 Å². The van der Waals surface area contributed by atoms with Gasteiger partial charge >= 0.3 is 0 Å². The minimum atomic E-state index is -0.289. The third kappa shape index (κ3) is 3.69. The summed E-state index contributed by atoms with van der Waals surface area (Å²) >= 11 is 11.8. The van der Waals surface area contributed by atoms with Crippen LogP contribution in [0.1, 0.15) is 24.1 Å². The van der Waals surface area contributed by atoms with E-state index in [2.05, 4.69) is 5.32 Å². The number of hydrogen-bond acceptors (Lipinski definition) is 1. The minimum absolute atomic E-state index is 0.0907. The Morgan fingerprint density at radius 1 is 1.11 bits per heavy atom. The van der Waals surface area contributed by atoms with Gasteiger partial charge in [-0.2, -0.15) is 0 Å². The maximum atomic E-state index is 13.6. The van der Waals surface area contributed by atoms with Crippen LogP contribution >= 0.6 is 23.2 Å². The van der Waals surface area contributed by atoms with Gasteiger partial charge in [-0.25, -0.2) is 4.39 Å². The molecule has 19 heavy (non-hydrogen) atoms. The molecule has 0 fully saturated rings. The van der Waals surface area contributed by atoms with Crippen LogP contribution in [0.25, 0.3) is 0 Å². The Kier molecular flexibility index (Phi) is 4.81. The number of rotatable bonds is 4. The van der Waals surface area contributed by atoms with Crippen molar-refractivity contribution in [3.05, 3.63) is 69.5 Å². The van der Waals surface area contributed by atoms with E-state index in [1.54, 1.807) is 12.1 Å². The Morgan fingerprint density at radius 3 is 2.42 bits per heavy atom. The van der Waals surface area contributed by atoms with Crippen LogP contribution in [0.3, 0.4) is 0 Å². The SMILES string of the molecule is CC(NCc1c(F)cccc1Cl)c1ccc(Cl)cc1. The molecule has 0 aromatic heterocycles. The molecule has 0 radical (unpaired) electrons. The van der Waals surface area contributed by atoms with Crippen LogP contribution < -0.4 is 5.32 Å². The van der Waals surface area contributed by atoms with Crippen molar-refractivity contribution in [2.75, 3.05) is 0 Å². The molecule has 0 aliphatic rings. The number of nitrogens with one attached hydrogen (secondary N) is 1. The minimum Gasteiger partial charge on any atom is -0.306 e. The molecule has 2 aromatic carbocycles. The lowest BCUT2D eigenvalue weighted by Crippen LogP contribution is -2.19. The van der Waals surface area contributed by atoms with Crippen molar-refractivity contribution < 1.29 is 4.39 Å². The van der Waals surface area contributed by atoms with Crippen molar-refractivity contribution >= 4 is 23.2 Å². The Balaban J connectivity index is 2.04. The molecule has 2 aromatic rings. The zero-order valence-corrected chi connectivity index (χ0v) is 12.0. The number of halogens is 3. The lowest BCUT2D eigenvalue weighted by molar-refractivity contribution is 0.544. The first kappa shape index (κ1) is 14.3. The Bertz CT molecular complexity index is 534. The highest BCUT2D eigenvalue weighted by molar-refractivity contribution is 6.31. The van der Waals surface area contributed by atoms with Crippen LogP contribution in [0.5, 0.6) is 0 Å². The second-order valence-corrected chi connectivity index (χ2v) is 5.20. The Labute approximate surface area is 122 Å². The van der Waals surface area contributed by atoms with E-state index in [1.807, 2.05) is 31.2 Å². The first-order valence-electron chi connectivity index (χ1n) is 5.99. The highest BCUT2D eigenvalue weighted by Crippen LogP contribution is 2.21. The molecule has 4 heteroatoms. The zero-order valence-electron chi connectivity index (χ0n) is 10.5. The molecule has 100 valence electrons. The first-order valence-corrected chi connectivity index (χ1v) is 6.75. The predicted octanol–water partition coefficient (Wildman–Crippen LogP) is 4.98. The van der Waals surface area contributed by atoms with Crippen molar-refractivity contribution in [2.45, 2.75) is 19.5 Å². The van der Waals surface area contributed by atoms with Crippen LogP contribution in [0, 0.1) is 5.82 Å². The van der Waals surface area contributed by atoms with E-state index in [4.69, 9.17) is 23.2 Å². The smallest absolute Gasteiger partial charge is 0.129 e. The normalized spacial score (nSPS) is 12.4. The van der Waals surface area contributed by atoms with Gasteiger partial charge in [0.2, 0.25) is 0 Å². The van der Waals surface area contributed by atoms with Crippen molar-refractivity contribution in [3.8, 4) is 0 Å². The molecule has 0 spiro atoms. The van der Waals surface area contributed by atoms with Gasteiger partial charge < -0.3 is 5.32 Å². The summed E-state index contributed by atoms with van der Waals surface area (Å²) in [6.45, 7) is 2.40. The summed E-state index contributed by atoms with van der Waals surface area (Å²) in [4.78, 5) is 0. The van der Waals surface area contributed by atoms with Gasteiger partial charge in [0.15, 0.2) is 0 Å². The molecule has 0 saturated heterocycles. The first-order chi connectivity index (χ1) is 9.08. The highest BCUT2D eigenvalue weighted by Gasteiger charge is 2.09. The van der Waals surface area contributed by atoms with Gasteiger partial charge in [0, 0.05) is 28.2 Å². The standard InChI is InChI=1S/C15H14Cl2FN/c1-10(11-5-7-12(16)8-6-11)19-9-13-14(17)3-2-4-15(13)18/h2-8,10,19H,9H2,1H3. The summed E-state index contributed by atoms with van der Waals surface area (Å²) in [5, 5.41) is 4.39. The number of benzene rings is 2. The second-order valence-electron chi connectivity index (χ2n) is 4.35. The van der Waals surface area contributed by atoms with Crippen molar-refractivity contribution in [1.82, 2.24) is 5.32 Å². The largest absolute Gasteiger partial charge is 0.306 e. The van der Waals surface area contributed by atoms with Crippen LogP contribution in [0.15, 0.2) is 42.5 Å². The molecule has 0 aliphatic heterocycles. The summed E-state index contributed by atoms with van der Waals surface area (Å²) in [6.07, 6.45) is 0. The molecule has 1 unspecified atom stereocenters. The molecule has 1 nitrogen and oxygen atoms in total. The van der Waals surface area contributed by atoms with Crippen LogP contribution in [-0.2, 0) is 6.54 Å². The van der Waals surface area contributed by atoms with Gasteiger partial charge in [-0.1, -0.05) is 41.4 Å². The third-order valence-electron chi connectivity index (χ3n) is 3.02. The highest BCUT2D eigenvalue weighted by atomic mass is 35.5. The monoisotopic (exact) mass is 297 g/mol. The third-order valence-corrected chi connectivity index (χ3v) is 3.62. The lowest BCUT2D eigenvalue weighted by atomic mass is 10.1. The van der Waals surface area contributed by atoms with E-state index in [0.29, 0.717) is 22.2 Å². The predicted molar refractivity (Wildman–Crippen MR) is 78.1 cm³/mol. The molecular formula is C15H14Cl2FN. The van der Waals surface area contributed by atoms with Crippen LogP contribution in [0.2, 0.25) is 10.0 Å². The maximum absolute atomic E-state index is 13.6. The van der Waals surface area contributed by atoms with Gasteiger partial charge in [0.25, 0.3) is 0 Å². The van der Waals surface area contributed by atoms with Gasteiger partial charge in [-0.3, -0.25) is 0 Å². The molecule has 0 bridgehead atoms. The maximum Gasteiger partial charge on any atom is 0.129 e. The number of hydrogen-bond donors (Lipinski definition) is 1. The zero-order chi connectivity index (χ0) is 13.8. The average Bonchev–Trinajstić information content (AvgIpc) is 2.38. The Hall–Kier alpha value is -1.09. The van der Waals surface area contributed by atoms with E-state index >= 15 is 0 Å². The van der Waals surface area contributed by atoms with Gasteiger partial charge in [0.05, 0.1) is 0 Å². The van der Waals surface area contributed by atoms with Gasteiger partial charge in [-0.05, 0) is 36.8 Å². The lowest BCUT2D eigenvalue weighted by Gasteiger charge is -2.15. The van der Waals surface area contributed by atoms with E-state index in [9.17, 15) is 4.39 Å². The van der Waals surface area contributed by atoms with Gasteiger partial charge in [0.1, 0.15) is 5.82 Å². The van der Waals surface area contributed by atoms with Crippen molar-refractivity contribution in [3.63, 3.8) is 0 Å². The molecule has 2 rings (SSSR count). The quantitative estimate of drug-likeness (QED) is 0.839. The summed E-state index contributed by atoms with van der Waals surface area (Å²) in [6, 6.07) is 12.4. The van der Waals surface area contributed by atoms with Crippen molar-refractivity contribution in [1.29, 1.82) is 0 Å². The summed E-state index contributed by atoms with van der Waals surface area (Å²) in [5.74, 6) is -0.289. The average molecular weight is 298 g/mol. The summed E-state index contributed by atoms with van der Waals surface area (Å²) < 4.78 is 13.6. The molecule has 1 atom stereocenters. The fourth-order valence-electron chi connectivity index (χ4n) is 1.83. The molecule has 0 saturated carbocycles.